The summed E-state index contributed by atoms with van der Waals surface area (Å²) >= 11 is 0.922. The van der Waals surface area contributed by atoms with Crippen LogP contribution in [0, 0.1) is 0 Å². The van der Waals surface area contributed by atoms with Crippen LogP contribution in [0.15, 0.2) is 83.3 Å². The van der Waals surface area contributed by atoms with Crippen molar-refractivity contribution >= 4 is 43.5 Å². The number of carboxylic acid groups (broad SMARTS) is 1. The first-order valence-electron chi connectivity index (χ1n) is 13.9. The highest BCUT2D eigenvalue weighted by Crippen LogP contribution is 2.29. The summed E-state index contributed by atoms with van der Waals surface area (Å²) in [4.78, 5) is 29.4. The summed E-state index contributed by atoms with van der Waals surface area (Å²) < 4.78 is 48.7. The van der Waals surface area contributed by atoms with Gasteiger partial charge in [-0.1, -0.05) is 47.7 Å². The Morgan fingerprint density at radius 3 is 2.48 bits per heavy atom. The predicted molar refractivity (Wildman–Crippen MR) is 166 cm³/mol. The van der Waals surface area contributed by atoms with E-state index in [4.69, 9.17) is 14.6 Å². The quantitative estimate of drug-likeness (QED) is 0.149. The van der Waals surface area contributed by atoms with Gasteiger partial charge in [-0.3, -0.25) is 9.59 Å². The number of aromatic nitrogens is 4. The Bertz CT molecular complexity index is 1920. The van der Waals surface area contributed by atoms with Crippen LogP contribution in [0.4, 0.5) is 4.39 Å². The molecule has 0 bridgehead atoms. The van der Waals surface area contributed by atoms with Gasteiger partial charge < -0.3 is 19.9 Å². The van der Waals surface area contributed by atoms with Crippen molar-refractivity contribution in [3.8, 4) is 11.5 Å². The molecule has 13 nitrogen and oxygen atoms in total. The topological polar surface area (TPSA) is 189 Å². The van der Waals surface area contributed by atoms with Crippen LogP contribution in [0.5, 0.6) is 11.5 Å². The van der Waals surface area contributed by atoms with Gasteiger partial charge >= 0.3 is 5.97 Å². The second kappa shape index (κ2) is 14.4. The van der Waals surface area contributed by atoms with Gasteiger partial charge in [-0.15, -0.1) is 16.4 Å². The zero-order valence-corrected chi connectivity index (χ0v) is 25.8. The van der Waals surface area contributed by atoms with Crippen LogP contribution in [0.1, 0.15) is 35.3 Å². The Labute approximate surface area is 266 Å². The van der Waals surface area contributed by atoms with E-state index in [0.717, 1.165) is 16.9 Å². The first kappa shape index (κ1) is 32.5. The number of halogens is 1. The lowest BCUT2D eigenvalue weighted by Gasteiger charge is -2.22. The Kier molecular flexibility index (Phi) is 10.2. The minimum absolute atomic E-state index is 0.0209. The van der Waals surface area contributed by atoms with Gasteiger partial charge in [0.05, 0.1) is 28.9 Å². The Morgan fingerprint density at radius 1 is 1.04 bits per heavy atom. The molecule has 2 unspecified atom stereocenters. The van der Waals surface area contributed by atoms with E-state index in [2.05, 4.69) is 20.6 Å². The number of carbonyl (C=O) groups excluding carboxylic acids is 1. The fourth-order valence-corrected chi connectivity index (χ4v) is 6.26. The number of benzene rings is 3. The molecular weight excluding hydrogens is 639 g/mol. The van der Waals surface area contributed by atoms with E-state index in [-0.39, 0.29) is 30.4 Å². The molecule has 0 aliphatic carbocycles. The smallest absolute Gasteiger partial charge is 0.305 e. The van der Waals surface area contributed by atoms with E-state index >= 15 is 0 Å². The molecule has 4 N–H and O–H groups in total. The number of nitrogens with zero attached hydrogens (tertiary/aromatic N) is 4. The molecule has 0 radical (unpaired) electrons. The number of alkyl halides is 1. The van der Waals surface area contributed by atoms with Crippen LogP contribution in [-0.4, -0.2) is 58.7 Å². The van der Waals surface area contributed by atoms with Gasteiger partial charge in [0.15, 0.2) is 0 Å². The lowest BCUT2D eigenvalue weighted by atomic mass is 10.0. The monoisotopic (exact) mass is 668 g/mol. The van der Waals surface area contributed by atoms with Crippen LogP contribution < -0.4 is 19.9 Å². The number of carboxylic acids is 1. The van der Waals surface area contributed by atoms with Gasteiger partial charge in [0.2, 0.25) is 10.2 Å². The van der Waals surface area contributed by atoms with Crippen LogP contribution in [0.25, 0.3) is 10.2 Å². The molecule has 1 amide bonds. The molecule has 2 atom stereocenters. The van der Waals surface area contributed by atoms with Crippen LogP contribution in [-0.2, 0) is 32.6 Å². The molecule has 0 aliphatic rings. The molecule has 2 aromatic heterocycles. The largest absolute Gasteiger partial charge is 0.491 e. The van der Waals surface area contributed by atoms with Gasteiger partial charge in [-0.05, 0) is 41.5 Å². The van der Waals surface area contributed by atoms with Gasteiger partial charge in [0, 0.05) is 6.42 Å². The molecular formula is C30H29FN6O7S2. The van der Waals surface area contributed by atoms with E-state index in [1.165, 1.54) is 4.68 Å². The number of nitrogens with one attached hydrogen (secondary N) is 1. The number of carbonyl (C=O) groups is 2. The molecule has 5 rings (SSSR count). The van der Waals surface area contributed by atoms with Crippen molar-refractivity contribution < 1.29 is 37.0 Å². The number of nitrogens with two attached hydrogens (primary N) is 1. The van der Waals surface area contributed by atoms with E-state index < -0.39 is 40.7 Å². The number of rotatable bonds is 15. The third-order valence-corrected chi connectivity index (χ3v) is 9.08. The normalized spacial score (nSPS) is 12.8. The summed E-state index contributed by atoms with van der Waals surface area (Å²) in [7, 11) is -3.94. The minimum atomic E-state index is -3.94. The number of amides is 1. The minimum Gasteiger partial charge on any atom is -0.491 e. The number of ether oxygens (including phenoxy) is 2. The molecule has 0 saturated carbocycles. The maximum atomic E-state index is 13.8. The van der Waals surface area contributed by atoms with E-state index in [0.29, 0.717) is 33.0 Å². The average Bonchev–Trinajstić information content (AvgIpc) is 3.69. The van der Waals surface area contributed by atoms with Crippen molar-refractivity contribution in [2.45, 2.75) is 35.9 Å². The molecule has 0 aliphatic heterocycles. The maximum Gasteiger partial charge on any atom is 0.305 e. The summed E-state index contributed by atoms with van der Waals surface area (Å²) in [5.74, 6) is -0.653. The van der Waals surface area contributed by atoms with Gasteiger partial charge in [0.25, 0.3) is 10.0 Å². The molecule has 0 fully saturated rings. The van der Waals surface area contributed by atoms with Crippen molar-refractivity contribution in [1.29, 1.82) is 0 Å². The Balaban J connectivity index is 1.35. The number of hydrogen-bond donors (Lipinski definition) is 3. The highest BCUT2D eigenvalue weighted by molar-refractivity contribution is 7.91. The Morgan fingerprint density at radius 2 is 1.78 bits per heavy atom. The molecule has 0 saturated heterocycles. The number of sulfonamides is 1. The van der Waals surface area contributed by atoms with Crippen LogP contribution >= 0.6 is 11.3 Å². The predicted octanol–water partition coefficient (Wildman–Crippen LogP) is 3.58. The lowest BCUT2D eigenvalue weighted by Crippen LogP contribution is -2.37. The van der Waals surface area contributed by atoms with E-state index in [9.17, 15) is 27.5 Å². The number of aliphatic carboxylic acids is 1. The van der Waals surface area contributed by atoms with Crippen LogP contribution in [0.3, 0.4) is 0 Å². The number of primary sulfonamides is 1. The second-order valence-electron chi connectivity index (χ2n) is 10.1. The number of hydrogen-bond acceptors (Lipinski definition) is 10. The number of thiazole rings is 1. The highest BCUT2D eigenvalue weighted by atomic mass is 32.2. The first-order chi connectivity index (χ1) is 22.1. The van der Waals surface area contributed by atoms with E-state index in [1.54, 1.807) is 79.0 Å². The molecule has 16 heteroatoms. The zero-order valence-electron chi connectivity index (χ0n) is 24.2. The first-order valence-corrected chi connectivity index (χ1v) is 16.3. The van der Waals surface area contributed by atoms with Gasteiger partial charge in [0.1, 0.15) is 43.1 Å². The third kappa shape index (κ3) is 8.41. The Hall–Kier alpha value is -4.93. The lowest BCUT2D eigenvalue weighted by molar-refractivity contribution is -0.138. The van der Waals surface area contributed by atoms with Crippen molar-refractivity contribution in [3.05, 3.63) is 95.8 Å². The summed E-state index contributed by atoms with van der Waals surface area (Å²) in [5, 5.41) is 25.9. The van der Waals surface area contributed by atoms with Crippen LogP contribution in [0.2, 0.25) is 0 Å². The molecule has 3 aromatic carbocycles. The molecule has 5 aromatic rings. The molecule has 0 spiro atoms. The van der Waals surface area contributed by atoms with Crippen molar-refractivity contribution in [1.82, 2.24) is 25.3 Å². The summed E-state index contributed by atoms with van der Waals surface area (Å²) in [6.07, 6.45) is 1.40. The van der Waals surface area contributed by atoms with Gasteiger partial charge in [-0.25, -0.2) is 27.6 Å². The summed E-state index contributed by atoms with van der Waals surface area (Å²) in [6.45, 7) is -0.721. The van der Waals surface area contributed by atoms with E-state index in [1.807, 2.05) is 0 Å². The maximum absolute atomic E-state index is 13.8. The van der Waals surface area contributed by atoms with Crippen molar-refractivity contribution in [2.24, 2.45) is 5.14 Å². The fraction of sp³-hybridized carbons (Fsp3) is 0.233. The fourth-order valence-electron chi connectivity index (χ4n) is 4.57. The highest BCUT2D eigenvalue weighted by Gasteiger charge is 2.27. The summed E-state index contributed by atoms with van der Waals surface area (Å²) in [5.41, 5.74) is 2.23. The average molecular weight is 669 g/mol. The standard InChI is InChI=1S/C30H29FN6O7S2/c31-12-13-43-22-8-6-19(7-9-22)14-26(29(40)33-25(16-28(38)39)20-4-2-1-3-5-20)37-17-21(35-36-37)18-44-23-10-11-24-27(15-23)45-30(34-24)46(32,41)42/h1-11,15,17,25-26H,12-14,16,18H2,(H,33,40)(H,38,39)(H2,32,41,42). The number of fused-ring (bicyclic) bond motifs is 1. The molecule has 240 valence electrons. The molecule has 2 heterocycles. The third-order valence-electron chi connectivity index (χ3n) is 6.75. The summed E-state index contributed by atoms with van der Waals surface area (Å²) in [6, 6.07) is 18.8. The SMILES string of the molecule is NS(=O)(=O)c1nc2ccc(OCc3cn(C(Cc4ccc(OCCF)cc4)C(=O)NC(CC(=O)O)c4ccccc4)nn3)cc2s1. The second-order valence-corrected chi connectivity index (χ2v) is 12.9. The van der Waals surface area contributed by atoms with Crippen molar-refractivity contribution in [3.63, 3.8) is 0 Å². The zero-order chi connectivity index (χ0) is 32.7. The van der Waals surface area contributed by atoms with Crippen molar-refractivity contribution in [2.75, 3.05) is 13.3 Å². The van der Waals surface area contributed by atoms with Gasteiger partial charge in [-0.2, -0.15) is 0 Å². The molecule has 46 heavy (non-hydrogen) atoms.